The van der Waals surface area contributed by atoms with Crippen molar-refractivity contribution in [1.29, 1.82) is 0 Å². The number of aromatic amines is 1. The fraction of sp³-hybridized carbons (Fsp3) is 0.0455. The number of aromatic nitrogens is 1. The molecular weight excluding hydrogens is 601 g/mol. The quantitative estimate of drug-likeness (QED) is 0.218. The van der Waals surface area contributed by atoms with E-state index in [1.807, 2.05) is 103 Å². The van der Waals surface area contributed by atoms with Gasteiger partial charge in [0.05, 0.1) is 34.4 Å². The molecule has 2 N–H and O–H groups in total. The van der Waals surface area contributed by atoms with Crippen LogP contribution in [0.15, 0.2) is 191 Å². The molecule has 9 rings (SSSR count). The van der Waals surface area contributed by atoms with Crippen LogP contribution in [0.25, 0.3) is 23.3 Å². The van der Waals surface area contributed by atoms with E-state index in [0.29, 0.717) is 11.3 Å². The number of benzene rings is 4. The third-order valence-corrected chi connectivity index (χ3v) is 9.43. The van der Waals surface area contributed by atoms with Crippen molar-refractivity contribution < 1.29 is 5.11 Å². The zero-order valence-corrected chi connectivity index (χ0v) is 26.6. The van der Waals surface area contributed by atoms with Crippen LogP contribution in [0.5, 0.6) is 0 Å². The summed E-state index contributed by atoms with van der Waals surface area (Å²) in [5, 5.41) is 16.1. The maximum atomic E-state index is 14.2. The van der Waals surface area contributed by atoms with Crippen LogP contribution >= 0.6 is 0 Å². The van der Waals surface area contributed by atoms with Crippen LogP contribution in [0.3, 0.4) is 0 Å². The highest BCUT2D eigenvalue weighted by molar-refractivity contribution is 6.20. The third-order valence-electron chi connectivity index (χ3n) is 9.43. The monoisotopic (exact) mass is 632 g/mol. The summed E-state index contributed by atoms with van der Waals surface area (Å²) in [7, 11) is 0. The summed E-state index contributed by atoms with van der Waals surface area (Å²) in [6.45, 7) is 0. The van der Waals surface area contributed by atoms with Gasteiger partial charge in [-0.25, -0.2) is 9.98 Å². The van der Waals surface area contributed by atoms with Gasteiger partial charge in [-0.1, -0.05) is 109 Å². The Morgan fingerprint density at radius 2 is 1.14 bits per heavy atom. The van der Waals surface area contributed by atoms with E-state index in [0.717, 1.165) is 61.5 Å². The van der Waals surface area contributed by atoms with E-state index in [1.54, 1.807) is 0 Å². The van der Waals surface area contributed by atoms with E-state index < -0.39 is 11.6 Å². The maximum absolute atomic E-state index is 14.2. The van der Waals surface area contributed by atoms with Crippen molar-refractivity contribution in [2.75, 3.05) is 4.90 Å². The first-order valence-corrected chi connectivity index (χ1v) is 16.5. The van der Waals surface area contributed by atoms with E-state index in [1.165, 1.54) is 0 Å². The average Bonchev–Trinajstić information content (AvgIpc) is 3.94. The topological polar surface area (TPSA) is 64.0 Å². The summed E-state index contributed by atoms with van der Waals surface area (Å²) in [6, 6.07) is 45.2. The lowest BCUT2D eigenvalue weighted by Gasteiger charge is -2.43. The molecule has 2 unspecified atom stereocenters. The van der Waals surface area contributed by atoms with Crippen molar-refractivity contribution >= 4 is 40.4 Å². The van der Waals surface area contributed by atoms with Gasteiger partial charge in [0.2, 0.25) is 0 Å². The molecule has 2 atom stereocenters. The maximum Gasteiger partial charge on any atom is 0.182 e. The van der Waals surface area contributed by atoms with Crippen molar-refractivity contribution in [3.05, 3.63) is 208 Å². The van der Waals surface area contributed by atoms with Crippen molar-refractivity contribution in [3.8, 4) is 0 Å². The number of aliphatic imine (C=N–C) groups is 2. The number of anilines is 1. The molecule has 4 aliphatic heterocycles. The van der Waals surface area contributed by atoms with Crippen molar-refractivity contribution in [3.63, 3.8) is 0 Å². The first kappa shape index (κ1) is 28.9. The Bertz CT molecular complexity index is 2430. The van der Waals surface area contributed by atoms with E-state index in [9.17, 15) is 5.11 Å². The average molecular weight is 633 g/mol. The molecule has 234 valence electrons. The first-order chi connectivity index (χ1) is 24.1. The predicted molar refractivity (Wildman–Crippen MR) is 200 cm³/mol. The van der Waals surface area contributed by atoms with E-state index in [2.05, 4.69) is 82.7 Å². The van der Waals surface area contributed by atoms with Crippen LogP contribution in [0, 0.1) is 0 Å². The minimum Gasteiger partial charge on any atom is -0.366 e. The fourth-order valence-corrected chi connectivity index (χ4v) is 7.43. The molecule has 0 saturated carbocycles. The fourth-order valence-electron chi connectivity index (χ4n) is 7.43. The molecular formula is C44H32N4O. The number of allylic oxidation sites excluding steroid dienone is 5. The van der Waals surface area contributed by atoms with Crippen LogP contribution in [0.4, 0.5) is 5.69 Å². The highest BCUT2D eigenvalue weighted by Gasteiger charge is 2.56. The molecule has 0 radical (unpaired) electrons. The summed E-state index contributed by atoms with van der Waals surface area (Å²) >= 11 is 0. The predicted octanol–water partition coefficient (Wildman–Crippen LogP) is 7.31. The molecule has 5 heterocycles. The highest BCUT2D eigenvalue weighted by Crippen LogP contribution is 2.58. The molecule has 0 amide bonds. The van der Waals surface area contributed by atoms with Gasteiger partial charge in [-0.3, -0.25) is 0 Å². The molecule has 1 aromatic heterocycles. The lowest BCUT2D eigenvalue weighted by molar-refractivity contribution is 0.101. The van der Waals surface area contributed by atoms with E-state index in [-0.39, 0.29) is 0 Å². The van der Waals surface area contributed by atoms with Gasteiger partial charge >= 0.3 is 0 Å². The summed E-state index contributed by atoms with van der Waals surface area (Å²) in [5.74, 6) is -0.524. The van der Waals surface area contributed by atoms with Crippen LogP contribution in [0.2, 0.25) is 0 Å². The van der Waals surface area contributed by atoms with Gasteiger partial charge in [-0.15, -0.1) is 0 Å². The number of para-hydroxylation sites is 1. The van der Waals surface area contributed by atoms with Crippen molar-refractivity contribution in [1.82, 2.24) is 4.98 Å². The second-order valence-corrected chi connectivity index (χ2v) is 12.5. The number of nitrogens with zero attached hydrogens (tertiary/aromatic N) is 3. The molecule has 0 fully saturated rings. The second kappa shape index (κ2) is 11.7. The molecule has 5 nitrogen and oxygen atoms in total. The van der Waals surface area contributed by atoms with Gasteiger partial charge in [0.15, 0.2) is 5.72 Å². The number of nitrogens with one attached hydrogen (secondary N) is 1. The number of rotatable bonds is 4. The van der Waals surface area contributed by atoms with Crippen LogP contribution < -0.4 is 15.6 Å². The zero-order chi connectivity index (χ0) is 32.8. The Morgan fingerprint density at radius 1 is 0.571 bits per heavy atom. The molecule has 49 heavy (non-hydrogen) atoms. The summed E-state index contributed by atoms with van der Waals surface area (Å²) in [6.07, 6.45) is 14.3. The van der Waals surface area contributed by atoms with Gasteiger partial charge in [0.1, 0.15) is 0 Å². The number of fused-ring (bicyclic) bond motifs is 6. The van der Waals surface area contributed by atoms with Crippen LogP contribution in [-0.2, 0) is 0 Å². The lowest BCUT2D eigenvalue weighted by atomic mass is 9.75. The molecule has 0 saturated heterocycles. The minimum atomic E-state index is -1.64. The van der Waals surface area contributed by atoms with Crippen molar-refractivity contribution in [2.24, 2.45) is 9.98 Å². The standard InChI is InChI=1S/C44H32N4O/c49-44-42(31-15-7-2-8-16-31)39-26-25-36(47-39)28-35-22-21-33(45-35)27-34-23-24-37(46-34)29-40(48(44)38-19-11-4-12-20-38)41(30-13-5-1-6-14-30)43(44)32-17-9-3-10-18-32/h1-29,43,45,49H/b33-27-,35-28-,37-29-,42-39-. The molecule has 8 bridgehead atoms. The van der Waals surface area contributed by atoms with Gasteiger partial charge in [0, 0.05) is 22.0 Å². The molecule has 0 aliphatic carbocycles. The second-order valence-electron chi connectivity index (χ2n) is 12.5. The SMILES string of the molecule is OC12/C(c3ccccc3)=C3/C=CC(=N3)/C=c3/cc/c([nH]3)=C/C3=NC(=C\C(=C(c4ccccc4)C1c1ccccc1)N2c1ccccc1)/C=C3. The largest absolute Gasteiger partial charge is 0.366 e. The third kappa shape index (κ3) is 5.00. The smallest absolute Gasteiger partial charge is 0.182 e. The van der Waals surface area contributed by atoms with Gasteiger partial charge in [-0.05, 0) is 89.1 Å². The zero-order valence-electron chi connectivity index (χ0n) is 26.6. The Labute approximate surface area is 284 Å². The Hall–Kier alpha value is -6.30. The number of H-pyrrole nitrogens is 1. The van der Waals surface area contributed by atoms with Gasteiger partial charge in [-0.2, -0.15) is 0 Å². The number of hydrogen-bond donors (Lipinski definition) is 2. The van der Waals surface area contributed by atoms with Crippen molar-refractivity contribution in [2.45, 2.75) is 11.6 Å². The number of aliphatic hydroxyl groups is 1. The Balaban J connectivity index is 1.47. The number of hydrogen-bond acceptors (Lipinski definition) is 4. The normalized spacial score (nSPS) is 24.9. The molecule has 5 heteroatoms. The highest BCUT2D eigenvalue weighted by atomic mass is 16.3. The van der Waals surface area contributed by atoms with Gasteiger partial charge in [0.25, 0.3) is 0 Å². The van der Waals surface area contributed by atoms with E-state index >= 15 is 0 Å². The summed E-state index contributed by atoms with van der Waals surface area (Å²) in [4.78, 5) is 15.9. The van der Waals surface area contributed by atoms with Crippen LogP contribution in [0.1, 0.15) is 22.6 Å². The molecule has 5 aromatic rings. The summed E-state index contributed by atoms with van der Waals surface area (Å²) < 4.78 is 0. The molecule has 4 aliphatic rings. The minimum absolute atomic E-state index is 0.524. The van der Waals surface area contributed by atoms with Crippen LogP contribution in [-0.4, -0.2) is 27.2 Å². The van der Waals surface area contributed by atoms with Gasteiger partial charge < -0.3 is 15.0 Å². The summed E-state index contributed by atoms with van der Waals surface area (Å²) in [5.41, 5.74) is 7.82. The lowest BCUT2D eigenvalue weighted by Crippen LogP contribution is -2.50. The molecule has 0 spiro atoms. The van der Waals surface area contributed by atoms with E-state index in [4.69, 9.17) is 9.98 Å². The molecule has 4 aromatic carbocycles. The Morgan fingerprint density at radius 3 is 1.82 bits per heavy atom. The Kier molecular flexibility index (Phi) is 6.92. The first-order valence-electron chi connectivity index (χ1n) is 16.5.